The number of ether oxygens (including phenoxy) is 1. The Balaban J connectivity index is 1.39. The highest BCUT2D eigenvalue weighted by atomic mass is 33.1. The maximum absolute atomic E-state index is 15.8. The first-order valence-electron chi connectivity index (χ1n) is 16.4. The van der Waals surface area contributed by atoms with Crippen molar-refractivity contribution in [1.82, 2.24) is 24.9 Å². The zero-order valence-electron chi connectivity index (χ0n) is 27.8. The molecule has 3 N–H and O–H groups in total. The van der Waals surface area contributed by atoms with E-state index in [0.717, 1.165) is 21.6 Å². The number of nitrogens with one attached hydrogen (secondary N) is 2. The second-order valence-electron chi connectivity index (χ2n) is 14.6. The van der Waals surface area contributed by atoms with Gasteiger partial charge in [-0.25, -0.2) is 9.18 Å². The number of piperazine rings is 2. The van der Waals surface area contributed by atoms with Crippen LogP contribution in [0.4, 0.5) is 14.9 Å². The zero-order valence-corrected chi connectivity index (χ0v) is 31.0. The van der Waals surface area contributed by atoms with Crippen LogP contribution in [0, 0.1) is 5.82 Å². The summed E-state index contributed by atoms with van der Waals surface area (Å²) in [6.07, 6.45) is -5.23. The first-order chi connectivity index (χ1) is 24.2. The quantitative estimate of drug-likeness (QED) is 0.384. The molecule has 18 heteroatoms. The Hall–Kier alpha value is -3.32. The Bertz CT molecular complexity index is 2100. The molecule has 2 spiro atoms. The highest BCUT2D eigenvalue weighted by Crippen LogP contribution is 2.79. The lowest BCUT2D eigenvalue weighted by Crippen LogP contribution is -2.77. The van der Waals surface area contributed by atoms with Crippen molar-refractivity contribution in [2.75, 3.05) is 26.5 Å². The third kappa shape index (κ3) is 2.95. The number of carbonyl (C=O) groups excluding carboxylic acids is 5. The summed E-state index contributed by atoms with van der Waals surface area (Å²) in [5.74, 6) is -2.43. The summed E-state index contributed by atoms with van der Waals surface area (Å²) in [5.41, 5.74) is -1.63. The average Bonchev–Trinajstić information content (AvgIpc) is 3.77. The van der Waals surface area contributed by atoms with Crippen LogP contribution >= 0.6 is 43.2 Å². The van der Waals surface area contributed by atoms with E-state index in [1.807, 2.05) is 0 Å². The number of aliphatic hydroxyl groups is 1. The van der Waals surface area contributed by atoms with E-state index in [4.69, 9.17) is 4.74 Å². The van der Waals surface area contributed by atoms with Crippen LogP contribution in [0.3, 0.4) is 0 Å². The highest BCUT2D eigenvalue weighted by Gasteiger charge is 2.93. The van der Waals surface area contributed by atoms with Gasteiger partial charge < -0.3 is 35.2 Å². The van der Waals surface area contributed by atoms with E-state index in [0.29, 0.717) is 22.4 Å². The third-order valence-corrected chi connectivity index (χ3v) is 20.3. The lowest BCUT2D eigenvalue weighted by molar-refractivity contribution is -0.166. The number of benzene rings is 2. The van der Waals surface area contributed by atoms with Crippen LogP contribution in [-0.2, 0) is 41.2 Å². The minimum Gasteiger partial charge on any atom is -0.441 e. The topological polar surface area (TPSA) is 152 Å². The fraction of sp³-hybridized carbons (Fsp3) is 0.485. The van der Waals surface area contributed by atoms with Gasteiger partial charge in [0.05, 0.1) is 16.9 Å². The number of carbonyl (C=O) groups is 5. The summed E-state index contributed by atoms with van der Waals surface area (Å²) in [5, 5.41) is 19.6. The Kier molecular flexibility index (Phi) is 5.97. The van der Waals surface area contributed by atoms with Crippen molar-refractivity contribution in [3.8, 4) is 0 Å². The van der Waals surface area contributed by atoms with Crippen LogP contribution in [0.1, 0.15) is 30.5 Å². The van der Waals surface area contributed by atoms with Crippen molar-refractivity contribution in [2.45, 2.75) is 75.0 Å². The first-order valence-corrected chi connectivity index (χ1v) is 20.7. The van der Waals surface area contributed by atoms with Gasteiger partial charge in [0, 0.05) is 26.8 Å². The molecule has 10 atom stereocenters. The van der Waals surface area contributed by atoms with Crippen molar-refractivity contribution in [3.05, 3.63) is 65.0 Å². The van der Waals surface area contributed by atoms with Gasteiger partial charge in [-0.2, -0.15) is 0 Å². The van der Waals surface area contributed by atoms with Crippen LogP contribution in [0.15, 0.2) is 42.5 Å². The Morgan fingerprint density at radius 3 is 2.20 bits per heavy atom. The number of rotatable bonds is 2. The molecule has 2 aromatic carbocycles. The first kappa shape index (κ1) is 32.3. The molecule has 0 unspecified atom stereocenters. The van der Waals surface area contributed by atoms with Gasteiger partial charge >= 0.3 is 6.09 Å². The molecule has 8 saturated heterocycles. The van der Waals surface area contributed by atoms with E-state index in [1.54, 1.807) is 44.2 Å². The number of likely N-dealkylation sites (N-methyl/N-ethyl adjacent to an activating group) is 2. The second kappa shape index (κ2) is 9.42. The molecule has 266 valence electrons. The maximum atomic E-state index is 15.8. The Morgan fingerprint density at radius 1 is 0.882 bits per heavy atom. The summed E-state index contributed by atoms with van der Waals surface area (Å²) in [7, 11) is 9.02. The minimum atomic E-state index is -1.88. The Labute approximate surface area is 306 Å². The fourth-order valence-corrected chi connectivity index (χ4v) is 17.7. The number of alkyl carbamates (subject to hydrolysis) is 1. The number of amides is 5. The molecular weight excluding hydrogens is 740 g/mol. The summed E-state index contributed by atoms with van der Waals surface area (Å²) >= 11 is 0. The van der Waals surface area contributed by atoms with Crippen LogP contribution in [0.2, 0.25) is 0 Å². The molecule has 9 aliphatic heterocycles. The molecule has 1 aliphatic carbocycles. The monoisotopic (exact) mass is 770 g/mol. The summed E-state index contributed by atoms with van der Waals surface area (Å²) in [6, 6.07) is 10.4. The molecule has 5 amide bonds. The Morgan fingerprint density at radius 2 is 1.51 bits per heavy atom. The highest BCUT2D eigenvalue weighted by molar-refractivity contribution is 8.78. The SMILES string of the molecule is CNC(=O)O[C@H]1[C@]2([C@@]34c5cc(F)ccc5C[C@@H]3N3C(=O)[C@]5(C)SS[C@]3(C(=O)N5C)[C@H]4O)c3ccccc3N[C@@H]2N2C(=O)[C@]3(C)SS[C@]12C(=O)N3C. The van der Waals surface area contributed by atoms with Gasteiger partial charge in [-0.3, -0.25) is 24.1 Å². The van der Waals surface area contributed by atoms with Crippen molar-refractivity contribution in [1.29, 1.82) is 0 Å². The molecule has 51 heavy (non-hydrogen) atoms. The van der Waals surface area contributed by atoms with E-state index in [1.165, 1.54) is 74.5 Å². The van der Waals surface area contributed by atoms with Crippen molar-refractivity contribution < 1.29 is 38.2 Å². The third-order valence-electron chi connectivity index (χ3n) is 12.9. The molecule has 0 aromatic heterocycles. The van der Waals surface area contributed by atoms with Gasteiger partial charge in [-0.15, -0.1) is 0 Å². The van der Waals surface area contributed by atoms with Crippen LogP contribution in [0.5, 0.6) is 0 Å². The average molecular weight is 771 g/mol. The van der Waals surface area contributed by atoms with Gasteiger partial charge in [-0.1, -0.05) is 45.9 Å². The molecule has 0 saturated carbocycles. The van der Waals surface area contributed by atoms with Gasteiger partial charge in [0.15, 0.2) is 15.8 Å². The lowest BCUT2D eigenvalue weighted by atomic mass is 9.51. The van der Waals surface area contributed by atoms with Gasteiger partial charge in [0.1, 0.15) is 18.1 Å². The van der Waals surface area contributed by atoms with Crippen molar-refractivity contribution in [2.24, 2.45) is 0 Å². The number of fused-ring (bicyclic) bond motifs is 11. The van der Waals surface area contributed by atoms with Crippen LogP contribution in [-0.4, -0.2) is 119 Å². The van der Waals surface area contributed by atoms with E-state index in [-0.39, 0.29) is 6.42 Å². The molecule has 0 radical (unpaired) electrons. The fourth-order valence-electron chi connectivity index (χ4n) is 10.6. The molecule has 4 bridgehead atoms. The number of halogens is 1. The van der Waals surface area contributed by atoms with Crippen LogP contribution < -0.4 is 10.6 Å². The van der Waals surface area contributed by atoms with E-state index >= 15 is 4.39 Å². The predicted molar refractivity (Wildman–Crippen MR) is 188 cm³/mol. The molecule has 13 nitrogen and oxygen atoms in total. The van der Waals surface area contributed by atoms with Crippen molar-refractivity contribution >= 4 is 78.6 Å². The van der Waals surface area contributed by atoms with Crippen LogP contribution in [0.25, 0.3) is 0 Å². The predicted octanol–water partition coefficient (Wildman–Crippen LogP) is 2.01. The number of para-hydroxylation sites is 1. The van der Waals surface area contributed by atoms with E-state index in [2.05, 4.69) is 10.6 Å². The van der Waals surface area contributed by atoms with E-state index in [9.17, 15) is 29.1 Å². The summed E-state index contributed by atoms with van der Waals surface area (Å²) in [6.45, 7) is 3.33. The van der Waals surface area contributed by atoms with Crippen molar-refractivity contribution in [3.63, 3.8) is 0 Å². The molecule has 12 rings (SSSR count). The summed E-state index contributed by atoms with van der Waals surface area (Å²) in [4.78, 5) is 72.5. The molecule has 2 aromatic rings. The van der Waals surface area contributed by atoms with Gasteiger partial charge in [0.2, 0.25) is 9.74 Å². The van der Waals surface area contributed by atoms with Gasteiger partial charge in [0.25, 0.3) is 23.6 Å². The smallest absolute Gasteiger partial charge is 0.407 e. The van der Waals surface area contributed by atoms with Gasteiger partial charge in [-0.05, 0) is 76.7 Å². The summed E-state index contributed by atoms with van der Waals surface area (Å²) < 4.78 is 22.3. The van der Waals surface area contributed by atoms with E-state index < -0.39 is 90.3 Å². The largest absolute Gasteiger partial charge is 0.441 e. The minimum absolute atomic E-state index is 0.121. The molecule has 10 aliphatic rings. The number of hydrogen-bond acceptors (Lipinski definition) is 12. The molecule has 8 fully saturated rings. The number of anilines is 1. The number of aliphatic hydroxyl groups excluding tert-OH is 1. The lowest BCUT2D eigenvalue weighted by Gasteiger charge is -2.58. The molecule has 9 heterocycles. The maximum Gasteiger partial charge on any atom is 0.407 e. The zero-order chi connectivity index (χ0) is 36.0. The molecular formula is C33H31FN6O7S4. The number of hydrogen-bond donors (Lipinski definition) is 3. The number of nitrogens with zero attached hydrogens (tertiary/aromatic N) is 4. The standard InChI is InChI=1S/C33H31FN6O7S4/c1-28-23(42)39-19-12-14-10-11-15(34)13-17(14)30(19,20(41)32(39,50-48-28)25(44)37(28)4)31-16-8-6-7-9-18(16)36-22(31)40-24(43)29(2)38(5)26(45)33(40,51-49-29)21(31)47-27(46)35-3/h6-11,13,19-22,36,41H,12H2,1-5H3,(H,35,46)/t19-,20-,21-,22+,28-,29-,30-,31+,32-,33-/m0/s1. The normalized spacial score (nSPS) is 43.5. The second-order valence-corrected chi connectivity index (χ2v) is 20.1.